The molecule has 0 aliphatic carbocycles. The number of rotatable bonds is 32. The molecule has 0 spiro atoms. The van der Waals surface area contributed by atoms with Crippen LogP contribution in [0.4, 0.5) is 0 Å². The monoisotopic (exact) mass is 684 g/mol. The molecule has 0 aliphatic heterocycles. The summed E-state index contributed by atoms with van der Waals surface area (Å²) in [5, 5.41) is 10.0. The Morgan fingerprint density at radius 1 is 0.660 bits per heavy atom. The summed E-state index contributed by atoms with van der Waals surface area (Å²) in [5.41, 5.74) is 0. The fourth-order valence-electron chi connectivity index (χ4n) is 4.68. The van der Waals surface area contributed by atoms with Gasteiger partial charge in [-0.05, 0) is 44.9 Å². The lowest BCUT2D eigenvalue weighted by Crippen LogP contribution is -2.29. The Balaban J connectivity index is 4.19. The summed E-state index contributed by atoms with van der Waals surface area (Å²) in [6.07, 6.45) is 34.4. The summed E-state index contributed by atoms with van der Waals surface area (Å²) in [6.45, 7) is 3.49. The van der Waals surface area contributed by atoms with Crippen LogP contribution in [-0.2, 0) is 28.2 Å². The van der Waals surface area contributed by atoms with E-state index in [1.807, 2.05) is 18.2 Å². The molecule has 0 aromatic carbocycles. The molecule has 3 N–H and O–H groups in total. The third kappa shape index (κ3) is 35.1. The molecular weight excluding hydrogens is 619 g/mol. The molecule has 0 aliphatic rings. The minimum absolute atomic E-state index is 0.132. The Labute approximate surface area is 285 Å². The molecule has 0 radical (unpaired) electrons. The second-order valence-corrected chi connectivity index (χ2v) is 13.3. The molecule has 2 atom stereocenters. The van der Waals surface area contributed by atoms with Crippen LogP contribution >= 0.6 is 7.82 Å². The van der Waals surface area contributed by atoms with Crippen molar-refractivity contribution < 1.29 is 43.0 Å². The molecule has 0 heterocycles. The standard InChI is InChI=1S/C37H65O9P/c1-3-5-7-9-11-13-14-16-18-22-27-31-37(40)46-35(33-45-47(41,42)43)32-44-36(39)30-26-23-19-21-25-29-34(38)28-24-20-17-15-12-10-8-6-4-2/h12,15,19-21,24-25,29,34-35,38H,3-11,13-14,16-18,22-23,26-28,30-33H2,1-2H3,(H2,41,42,43)/b15-12-,21-19+,24-20-,29-25-/t34?,35-/m1/s1. The van der Waals surface area contributed by atoms with Gasteiger partial charge in [-0.2, -0.15) is 0 Å². The van der Waals surface area contributed by atoms with Gasteiger partial charge in [-0.25, -0.2) is 4.57 Å². The topological polar surface area (TPSA) is 140 Å². The normalized spacial score (nSPS) is 13.7. The minimum Gasteiger partial charge on any atom is -0.462 e. The van der Waals surface area contributed by atoms with Crippen molar-refractivity contribution in [1.29, 1.82) is 0 Å². The largest absolute Gasteiger partial charge is 0.469 e. The van der Waals surface area contributed by atoms with Crippen LogP contribution in [-0.4, -0.2) is 52.3 Å². The average molecular weight is 685 g/mol. The highest BCUT2D eigenvalue weighted by Gasteiger charge is 2.22. The maximum atomic E-state index is 12.3. The van der Waals surface area contributed by atoms with Crippen LogP contribution in [0.2, 0.25) is 0 Å². The minimum atomic E-state index is -4.78. The number of aliphatic hydroxyl groups is 1. The van der Waals surface area contributed by atoms with Crippen molar-refractivity contribution in [3.8, 4) is 0 Å². The summed E-state index contributed by atoms with van der Waals surface area (Å²) in [5.74, 6) is -1.02. The Hall–Kier alpha value is -2.03. The number of aliphatic hydroxyl groups excluding tert-OH is 1. The molecule has 0 aromatic rings. The van der Waals surface area contributed by atoms with Crippen molar-refractivity contribution >= 4 is 19.8 Å². The van der Waals surface area contributed by atoms with Gasteiger partial charge in [0, 0.05) is 12.8 Å². The van der Waals surface area contributed by atoms with E-state index in [2.05, 4.69) is 36.6 Å². The maximum Gasteiger partial charge on any atom is 0.469 e. The third-order valence-electron chi connectivity index (χ3n) is 7.43. The van der Waals surface area contributed by atoms with Crippen LogP contribution in [0.3, 0.4) is 0 Å². The quantitative estimate of drug-likeness (QED) is 0.0208. The molecule has 0 aromatic heterocycles. The SMILES string of the molecule is CCCCC/C=C\C/C=C\CC(O)/C=C\C=C\CCCC(=O)OC[C@H](COP(=O)(O)O)OC(=O)CCCCCCCCCCCCC. The predicted octanol–water partition coefficient (Wildman–Crippen LogP) is 9.37. The first-order valence-corrected chi connectivity index (χ1v) is 19.6. The van der Waals surface area contributed by atoms with Crippen molar-refractivity contribution in [1.82, 2.24) is 0 Å². The Morgan fingerprint density at radius 3 is 1.89 bits per heavy atom. The van der Waals surface area contributed by atoms with E-state index in [-0.39, 0.29) is 19.4 Å². The van der Waals surface area contributed by atoms with Crippen molar-refractivity contribution in [2.75, 3.05) is 13.2 Å². The molecule has 1 unspecified atom stereocenters. The van der Waals surface area contributed by atoms with Gasteiger partial charge in [0.2, 0.25) is 0 Å². The van der Waals surface area contributed by atoms with Gasteiger partial charge in [-0.15, -0.1) is 0 Å². The molecule has 272 valence electrons. The Bertz CT molecular complexity index is 923. The van der Waals surface area contributed by atoms with Crippen LogP contribution in [0.1, 0.15) is 149 Å². The van der Waals surface area contributed by atoms with Crippen LogP contribution in [0.5, 0.6) is 0 Å². The predicted molar refractivity (Wildman–Crippen MR) is 190 cm³/mol. The van der Waals surface area contributed by atoms with Crippen LogP contribution in [0.25, 0.3) is 0 Å². The van der Waals surface area contributed by atoms with Crippen molar-refractivity contribution in [2.24, 2.45) is 0 Å². The highest BCUT2D eigenvalue weighted by atomic mass is 31.2. The smallest absolute Gasteiger partial charge is 0.462 e. The van der Waals surface area contributed by atoms with E-state index in [0.29, 0.717) is 25.7 Å². The second-order valence-electron chi connectivity index (χ2n) is 12.0. The van der Waals surface area contributed by atoms with E-state index < -0.39 is 38.6 Å². The number of carbonyl (C=O) groups excluding carboxylic acids is 2. The van der Waals surface area contributed by atoms with Gasteiger partial charge in [0.1, 0.15) is 6.61 Å². The molecular formula is C37H65O9P. The highest BCUT2D eigenvalue weighted by molar-refractivity contribution is 7.46. The first-order chi connectivity index (χ1) is 22.7. The average Bonchev–Trinajstić information content (AvgIpc) is 3.03. The molecule has 0 amide bonds. The summed E-state index contributed by atoms with van der Waals surface area (Å²) >= 11 is 0. The Morgan fingerprint density at radius 2 is 1.23 bits per heavy atom. The van der Waals surface area contributed by atoms with E-state index in [4.69, 9.17) is 19.3 Å². The fourth-order valence-corrected chi connectivity index (χ4v) is 5.04. The lowest BCUT2D eigenvalue weighted by atomic mass is 10.1. The molecule has 0 fully saturated rings. The Kier molecular flexibility index (Phi) is 31.1. The number of phosphoric acid groups is 1. The zero-order valence-corrected chi connectivity index (χ0v) is 30.2. The number of unbranched alkanes of at least 4 members (excludes halogenated alkanes) is 14. The summed E-state index contributed by atoms with van der Waals surface area (Å²) in [4.78, 5) is 42.6. The molecule has 0 bridgehead atoms. The lowest BCUT2D eigenvalue weighted by molar-refractivity contribution is -0.161. The van der Waals surface area contributed by atoms with Crippen molar-refractivity contribution in [3.63, 3.8) is 0 Å². The van der Waals surface area contributed by atoms with Crippen molar-refractivity contribution in [3.05, 3.63) is 48.6 Å². The molecule has 47 heavy (non-hydrogen) atoms. The van der Waals surface area contributed by atoms with Crippen LogP contribution in [0, 0.1) is 0 Å². The number of ether oxygens (including phenoxy) is 2. The van der Waals surface area contributed by atoms with Crippen LogP contribution < -0.4 is 0 Å². The molecule has 0 saturated heterocycles. The zero-order valence-electron chi connectivity index (χ0n) is 29.3. The third-order valence-corrected chi connectivity index (χ3v) is 7.92. The van der Waals surface area contributed by atoms with E-state index in [0.717, 1.165) is 32.1 Å². The van der Waals surface area contributed by atoms with E-state index >= 15 is 0 Å². The van der Waals surface area contributed by atoms with Gasteiger partial charge in [0.15, 0.2) is 6.10 Å². The zero-order chi connectivity index (χ0) is 34.9. The van der Waals surface area contributed by atoms with Gasteiger partial charge >= 0.3 is 19.8 Å². The van der Waals surface area contributed by atoms with E-state index in [9.17, 15) is 19.3 Å². The van der Waals surface area contributed by atoms with Crippen molar-refractivity contribution in [2.45, 2.75) is 161 Å². The van der Waals surface area contributed by atoms with Crippen LogP contribution in [0.15, 0.2) is 48.6 Å². The summed E-state index contributed by atoms with van der Waals surface area (Å²) in [7, 11) is -4.78. The maximum absolute atomic E-state index is 12.3. The second kappa shape index (κ2) is 32.5. The van der Waals surface area contributed by atoms with Gasteiger partial charge in [0.05, 0.1) is 12.7 Å². The van der Waals surface area contributed by atoms with E-state index in [1.165, 1.54) is 64.2 Å². The van der Waals surface area contributed by atoms with Gasteiger partial charge in [-0.1, -0.05) is 140 Å². The lowest BCUT2D eigenvalue weighted by Gasteiger charge is -2.18. The van der Waals surface area contributed by atoms with Gasteiger partial charge < -0.3 is 24.4 Å². The molecule has 10 heteroatoms. The first kappa shape index (κ1) is 45.0. The molecule has 9 nitrogen and oxygen atoms in total. The summed E-state index contributed by atoms with van der Waals surface area (Å²) in [6, 6.07) is 0. The first-order valence-electron chi connectivity index (χ1n) is 18.0. The number of hydrogen-bond donors (Lipinski definition) is 3. The number of carbonyl (C=O) groups is 2. The van der Waals surface area contributed by atoms with Gasteiger partial charge in [0.25, 0.3) is 0 Å². The van der Waals surface area contributed by atoms with Gasteiger partial charge in [-0.3, -0.25) is 14.1 Å². The summed E-state index contributed by atoms with van der Waals surface area (Å²) < 4.78 is 26.1. The fraction of sp³-hybridized carbons (Fsp3) is 0.730. The number of allylic oxidation sites excluding steroid dienone is 6. The highest BCUT2D eigenvalue weighted by Crippen LogP contribution is 2.35. The molecule has 0 rings (SSSR count). The molecule has 0 saturated carbocycles. The van der Waals surface area contributed by atoms with E-state index in [1.54, 1.807) is 12.2 Å². The number of phosphoric ester groups is 1. The number of esters is 2. The number of hydrogen-bond acceptors (Lipinski definition) is 7.